The Bertz CT molecular complexity index is 2350. The van der Waals surface area contributed by atoms with E-state index in [2.05, 4.69) is 14.6 Å². The normalized spacial score (nSPS) is 20.0. The Morgan fingerprint density at radius 1 is 0.778 bits per heavy atom. The first-order chi connectivity index (χ1) is 26.3. The number of fused-ring (bicyclic) bond motifs is 1. The van der Waals surface area contributed by atoms with Crippen molar-refractivity contribution in [1.82, 2.24) is 19.2 Å². The molecule has 0 unspecified atom stereocenters. The summed E-state index contributed by atoms with van der Waals surface area (Å²) in [6.07, 6.45) is 1.52. The number of hydrogen-bond acceptors (Lipinski definition) is 7. The fourth-order valence-corrected chi connectivity index (χ4v) is 8.78. The van der Waals surface area contributed by atoms with Crippen LogP contribution in [0.15, 0.2) is 137 Å². The van der Waals surface area contributed by atoms with Crippen LogP contribution in [0.1, 0.15) is 60.0 Å². The largest absolute Gasteiger partial charge is 0.392 e. The van der Waals surface area contributed by atoms with Gasteiger partial charge in [-0.2, -0.15) is 0 Å². The predicted molar refractivity (Wildman–Crippen MR) is 208 cm³/mol. The zero-order valence-corrected chi connectivity index (χ0v) is 30.7. The molecule has 0 aliphatic carbocycles. The summed E-state index contributed by atoms with van der Waals surface area (Å²) in [6, 6.07) is 40.2. The molecule has 3 atom stereocenters. The number of nitrogens with one attached hydrogen (secondary N) is 2. The molecule has 0 saturated carbocycles. The second kappa shape index (κ2) is 15.8. The molecular formula is C43H44N4O6S. The number of nitrogens with zero attached hydrogens (tertiary/aromatic N) is 2. The quantitative estimate of drug-likeness (QED) is 0.133. The van der Waals surface area contributed by atoms with Crippen LogP contribution in [0, 0.1) is 0 Å². The number of benzene rings is 5. The maximum atomic E-state index is 12.9. The van der Waals surface area contributed by atoms with Crippen LogP contribution in [0.25, 0.3) is 22.2 Å². The van der Waals surface area contributed by atoms with Crippen LogP contribution < -0.4 is 10.4 Å². The summed E-state index contributed by atoms with van der Waals surface area (Å²) in [6.45, 7) is 2.58. The third-order valence-electron chi connectivity index (χ3n) is 10.6. The average Bonchev–Trinajstić information content (AvgIpc) is 3.56. The molecule has 3 heterocycles. The van der Waals surface area contributed by atoms with Crippen molar-refractivity contribution in [3.8, 4) is 11.1 Å². The minimum atomic E-state index is -3.66. The van der Waals surface area contributed by atoms with Crippen LogP contribution in [-0.2, 0) is 32.6 Å². The van der Waals surface area contributed by atoms with Crippen molar-refractivity contribution in [1.29, 1.82) is 0 Å². The SMILES string of the molecule is O=c1[nH]c2ccccc2n1C1CCN(C[C@H]2C[C@@H](c3ccc(CO)cc3)O[C@@H](c3ccc(-c4ccccc4CNS(=O)(=O)c4ccccc4)cc3)O2)CC1. The highest BCUT2D eigenvalue weighted by Gasteiger charge is 2.34. The number of hydrogen-bond donors (Lipinski definition) is 3. The first-order valence-electron chi connectivity index (χ1n) is 18.5. The molecule has 54 heavy (non-hydrogen) atoms. The number of piperidine rings is 1. The van der Waals surface area contributed by atoms with Gasteiger partial charge in [0.2, 0.25) is 10.0 Å². The lowest BCUT2D eigenvalue weighted by atomic mass is 9.97. The number of H-pyrrole nitrogens is 1. The first-order valence-corrected chi connectivity index (χ1v) is 20.0. The van der Waals surface area contributed by atoms with Gasteiger partial charge in [-0.05, 0) is 64.9 Å². The van der Waals surface area contributed by atoms with E-state index in [1.807, 2.05) is 102 Å². The van der Waals surface area contributed by atoms with Crippen molar-refractivity contribution in [3.63, 3.8) is 0 Å². The number of aromatic nitrogens is 2. The van der Waals surface area contributed by atoms with Gasteiger partial charge in [0.25, 0.3) is 0 Å². The zero-order chi connectivity index (χ0) is 37.1. The van der Waals surface area contributed by atoms with E-state index < -0.39 is 16.3 Å². The number of aliphatic hydroxyl groups is 1. The summed E-state index contributed by atoms with van der Waals surface area (Å²) >= 11 is 0. The van der Waals surface area contributed by atoms with Crippen LogP contribution in [0.2, 0.25) is 0 Å². The summed E-state index contributed by atoms with van der Waals surface area (Å²) in [5.74, 6) is 0. The highest BCUT2D eigenvalue weighted by Crippen LogP contribution is 2.39. The van der Waals surface area contributed by atoms with Crippen LogP contribution >= 0.6 is 0 Å². The Morgan fingerprint density at radius 3 is 2.22 bits per heavy atom. The van der Waals surface area contributed by atoms with Gasteiger partial charge in [-0.25, -0.2) is 17.9 Å². The molecule has 2 aliphatic rings. The number of ether oxygens (including phenoxy) is 2. The maximum Gasteiger partial charge on any atom is 0.326 e. The van der Waals surface area contributed by atoms with Gasteiger partial charge in [-0.3, -0.25) is 4.57 Å². The predicted octanol–water partition coefficient (Wildman–Crippen LogP) is 6.85. The van der Waals surface area contributed by atoms with Gasteiger partial charge in [-0.15, -0.1) is 0 Å². The third kappa shape index (κ3) is 7.83. The number of aliphatic hydroxyl groups excluding tert-OH is 1. The van der Waals surface area contributed by atoms with Crippen LogP contribution in [-0.4, -0.2) is 53.7 Å². The second-order valence-electron chi connectivity index (χ2n) is 14.1. The molecule has 0 bridgehead atoms. The number of sulfonamides is 1. The first kappa shape index (κ1) is 36.1. The highest BCUT2D eigenvalue weighted by atomic mass is 32.2. The molecular weight excluding hydrogens is 701 g/mol. The maximum absolute atomic E-state index is 12.9. The van der Waals surface area contributed by atoms with Gasteiger partial charge in [0.15, 0.2) is 6.29 Å². The molecule has 2 fully saturated rings. The molecule has 1 aromatic heterocycles. The van der Waals surface area contributed by atoms with Gasteiger partial charge in [0, 0.05) is 44.2 Å². The Morgan fingerprint density at radius 2 is 1.46 bits per heavy atom. The molecule has 6 aromatic rings. The fourth-order valence-electron chi connectivity index (χ4n) is 7.75. The zero-order valence-electron chi connectivity index (χ0n) is 29.9. The number of aromatic amines is 1. The lowest BCUT2D eigenvalue weighted by Gasteiger charge is -2.40. The van der Waals surface area contributed by atoms with E-state index in [1.54, 1.807) is 30.3 Å². The number of imidazole rings is 1. The van der Waals surface area contributed by atoms with Crippen molar-refractivity contribution >= 4 is 21.1 Å². The lowest BCUT2D eigenvalue weighted by molar-refractivity contribution is -0.253. The Hall–Kier alpha value is -4.88. The summed E-state index contributed by atoms with van der Waals surface area (Å²) < 4.78 is 43.9. The van der Waals surface area contributed by atoms with Crippen molar-refractivity contribution in [2.45, 2.75) is 61.8 Å². The molecule has 5 aromatic carbocycles. The van der Waals surface area contributed by atoms with E-state index >= 15 is 0 Å². The molecule has 8 rings (SSSR count). The Kier molecular flexibility index (Phi) is 10.6. The third-order valence-corrected chi connectivity index (χ3v) is 12.1. The molecule has 0 amide bonds. The van der Waals surface area contributed by atoms with Gasteiger partial charge in [0.05, 0.1) is 34.7 Å². The number of para-hydroxylation sites is 2. The summed E-state index contributed by atoms with van der Waals surface area (Å²) in [4.78, 5) is 18.5. The van der Waals surface area contributed by atoms with Crippen molar-refractivity contribution in [3.05, 3.63) is 160 Å². The molecule has 2 saturated heterocycles. The topological polar surface area (TPSA) is 126 Å². The van der Waals surface area contributed by atoms with Crippen molar-refractivity contribution in [2.24, 2.45) is 0 Å². The van der Waals surface area contributed by atoms with Crippen LogP contribution in [0.3, 0.4) is 0 Å². The summed E-state index contributed by atoms with van der Waals surface area (Å²) in [5.41, 5.74) is 7.28. The molecule has 0 spiro atoms. The van der Waals surface area contributed by atoms with Crippen LogP contribution in [0.4, 0.5) is 0 Å². The van der Waals surface area contributed by atoms with E-state index in [0.717, 1.165) is 76.9 Å². The van der Waals surface area contributed by atoms with Crippen molar-refractivity contribution in [2.75, 3.05) is 19.6 Å². The Balaban J connectivity index is 0.977. The molecule has 0 radical (unpaired) electrons. The standard InChI is InChI=1S/C43H44N4O6S/c48-29-30-14-16-32(17-15-30)41-26-36(28-46-24-22-35(23-25-46)47-40-13-7-6-12-39(40)45-43(47)49)52-42(53-41)33-20-18-31(19-21-33)38-11-5-4-8-34(38)27-44-54(50,51)37-9-2-1-3-10-37/h1-21,35-36,41-42,44,48H,22-29H2,(H,45,49)/t36-,41+,42+/m1/s1. The van der Waals surface area contributed by atoms with E-state index in [0.29, 0.717) is 6.42 Å². The van der Waals surface area contributed by atoms with Gasteiger partial charge >= 0.3 is 5.69 Å². The van der Waals surface area contributed by atoms with Gasteiger partial charge < -0.3 is 24.5 Å². The monoisotopic (exact) mass is 744 g/mol. The van der Waals surface area contributed by atoms with Crippen molar-refractivity contribution < 1.29 is 23.0 Å². The summed E-state index contributed by atoms with van der Waals surface area (Å²) in [5, 5.41) is 9.63. The van der Waals surface area contributed by atoms with E-state index in [9.17, 15) is 18.3 Å². The van der Waals surface area contributed by atoms with Gasteiger partial charge in [0.1, 0.15) is 0 Å². The minimum absolute atomic E-state index is 0.0187. The molecule has 2 aliphatic heterocycles. The average molecular weight is 745 g/mol. The van der Waals surface area contributed by atoms with E-state index in [-0.39, 0.29) is 42.0 Å². The van der Waals surface area contributed by atoms with E-state index in [1.165, 1.54) is 0 Å². The molecule has 278 valence electrons. The Labute approximate surface area is 315 Å². The fraction of sp³-hybridized carbons (Fsp3) is 0.279. The lowest BCUT2D eigenvalue weighted by Crippen LogP contribution is -2.43. The van der Waals surface area contributed by atoms with Gasteiger partial charge in [-0.1, -0.05) is 103 Å². The molecule has 3 N–H and O–H groups in total. The highest BCUT2D eigenvalue weighted by molar-refractivity contribution is 7.89. The van der Waals surface area contributed by atoms with E-state index in [4.69, 9.17) is 9.47 Å². The molecule has 11 heteroatoms. The second-order valence-corrected chi connectivity index (χ2v) is 15.9. The number of likely N-dealkylation sites (tertiary alicyclic amines) is 1. The smallest absolute Gasteiger partial charge is 0.326 e. The van der Waals surface area contributed by atoms with Crippen LogP contribution in [0.5, 0.6) is 0 Å². The minimum Gasteiger partial charge on any atom is -0.392 e. The molecule has 10 nitrogen and oxygen atoms in total. The summed E-state index contributed by atoms with van der Waals surface area (Å²) in [7, 11) is -3.66. The number of rotatable bonds is 11.